The number of aromatic nitrogens is 1. The lowest BCUT2D eigenvalue weighted by Gasteiger charge is -2.21. The van der Waals surface area contributed by atoms with Gasteiger partial charge in [-0.3, -0.25) is 0 Å². The van der Waals surface area contributed by atoms with E-state index in [0.29, 0.717) is 6.04 Å². The molecule has 15 heavy (non-hydrogen) atoms. The second kappa shape index (κ2) is 3.87. The second-order valence-corrected chi connectivity index (χ2v) is 5.82. The molecular formula is C12H18N2S. The van der Waals surface area contributed by atoms with Crippen LogP contribution in [0.2, 0.25) is 0 Å². The highest BCUT2D eigenvalue weighted by Gasteiger charge is 2.36. The fourth-order valence-corrected chi connectivity index (χ4v) is 3.52. The minimum atomic E-state index is 0.540. The number of hydrogen-bond donors (Lipinski definition) is 1. The molecule has 0 spiro atoms. The quantitative estimate of drug-likeness (QED) is 0.832. The minimum absolute atomic E-state index is 0.540. The molecule has 0 amide bonds. The summed E-state index contributed by atoms with van der Waals surface area (Å²) < 4.78 is 0. The van der Waals surface area contributed by atoms with Crippen LogP contribution in [0.3, 0.4) is 0 Å². The van der Waals surface area contributed by atoms with Crippen molar-refractivity contribution in [3.63, 3.8) is 0 Å². The van der Waals surface area contributed by atoms with Crippen molar-refractivity contribution in [1.29, 1.82) is 0 Å². The summed E-state index contributed by atoms with van der Waals surface area (Å²) >= 11 is 1.87. The Balaban J connectivity index is 1.72. The van der Waals surface area contributed by atoms with E-state index in [4.69, 9.17) is 4.98 Å². The van der Waals surface area contributed by atoms with Crippen LogP contribution in [-0.4, -0.2) is 11.5 Å². The number of nitrogens with zero attached hydrogens (tertiary/aromatic N) is 1. The van der Waals surface area contributed by atoms with E-state index in [1.54, 1.807) is 0 Å². The van der Waals surface area contributed by atoms with E-state index in [1.807, 2.05) is 11.3 Å². The molecule has 82 valence electrons. The molecule has 3 heteroatoms. The van der Waals surface area contributed by atoms with Gasteiger partial charge in [-0.2, -0.15) is 0 Å². The normalized spacial score (nSPS) is 35.4. The van der Waals surface area contributed by atoms with Crippen LogP contribution in [0.25, 0.3) is 0 Å². The molecule has 2 fully saturated rings. The number of nitrogens with one attached hydrogen (secondary N) is 1. The molecule has 1 aromatic heterocycles. The van der Waals surface area contributed by atoms with Crippen molar-refractivity contribution in [2.24, 2.45) is 5.92 Å². The SMILES string of the molecule is CC1CC1c1nc(C2CCCCN2)cs1. The van der Waals surface area contributed by atoms with Gasteiger partial charge >= 0.3 is 0 Å². The van der Waals surface area contributed by atoms with Crippen molar-refractivity contribution < 1.29 is 0 Å². The molecule has 3 unspecified atom stereocenters. The summed E-state index contributed by atoms with van der Waals surface area (Å²) in [6.45, 7) is 3.49. The van der Waals surface area contributed by atoms with Crippen molar-refractivity contribution in [3.05, 3.63) is 16.1 Å². The number of hydrogen-bond acceptors (Lipinski definition) is 3. The van der Waals surface area contributed by atoms with E-state index >= 15 is 0 Å². The topological polar surface area (TPSA) is 24.9 Å². The first kappa shape index (κ1) is 9.79. The van der Waals surface area contributed by atoms with Gasteiger partial charge in [0.05, 0.1) is 16.7 Å². The summed E-state index contributed by atoms with van der Waals surface area (Å²) in [7, 11) is 0. The molecule has 3 atom stereocenters. The zero-order chi connectivity index (χ0) is 10.3. The van der Waals surface area contributed by atoms with Crippen molar-refractivity contribution >= 4 is 11.3 Å². The molecular weight excluding hydrogens is 204 g/mol. The van der Waals surface area contributed by atoms with E-state index in [-0.39, 0.29) is 0 Å². The van der Waals surface area contributed by atoms with E-state index in [1.165, 1.54) is 36.4 Å². The summed E-state index contributed by atoms with van der Waals surface area (Å²) in [4.78, 5) is 4.80. The maximum Gasteiger partial charge on any atom is 0.0962 e. The maximum absolute atomic E-state index is 4.80. The van der Waals surface area contributed by atoms with Crippen LogP contribution in [0.15, 0.2) is 5.38 Å². The first-order valence-electron chi connectivity index (χ1n) is 6.03. The molecule has 0 radical (unpaired) electrons. The molecule has 3 rings (SSSR count). The lowest BCUT2D eigenvalue weighted by Crippen LogP contribution is -2.26. The van der Waals surface area contributed by atoms with Crippen molar-refractivity contribution in [3.8, 4) is 0 Å². The summed E-state index contributed by atoms with van der Waals surface area (Å²) in [5.41, 5.74) is 1.30. The van der Waals surface area contributed by atoms with Gasteiger partial charge in [-0.1, -0.05) is 13.3 Å². The fourth-order valence-electron chi connectivity index (χ4n) is 2.40. The van der Waals surface area contributed by atoms with Gasteiger partial charge in [-0.15, -0.1) is 11.3 Å². The van der Waals surface area contributed by atoms with Gasteiger partial charge in [0.1, 0.15) is 0 Å². The average molecular weight is 222 g/mol. The summed E-state index contributed by atoms with van der Waals surface area (Å²) in [5, 5.41) is 7.21. The first-order chi connectivity index (χ1) is 7.34. The third-order valence-corrected chi connectivity index (χ3v) is 4.63. The predicted octanol–water partition coefficient (Wildman–Crippen LogP) is 3.08. The monoisotopic (exact) mass is 222 g/mol. The molecule has 1 aromatic rings. The zero-order valence-electron chi connectivity index (χ0n) is 9.20. The highest BCUT2D eigenvalue weighted by atomic mass is 32.1. The van der Waals surface area contributed by atoms with Gasteiger partial charge in [0.15, 0.2) is 0 Å². The van der Waals surface area contributed by atoms with Gasteiger partial charge in [0.2, 0.25) is 0 Å². The molecule has 1 aliphatic carbocycles. The molecule has 1 N–H and O–H groups in total. The Bertz CT molecular complexity index is 341. The van der Waals surface area contributed by atoms with Crippen LogP contribution >= 0.6 is 11.3 Å². The first-order valence-corrected chi connectivity index (χ1v) is 6.91. The molecule has 2 aliphatic rings. The highest BCUT2D eigenvalue weighted by Crippen LogP contribution is 2.48. The Morgan fingerprint density at radius 3 is 3.00 bits per heavy atom. The molecule has 1 aliphatic heterocycles. The number of thiazole rings is 1. The van der Waals surface area contributed by atoms with E-state index in [9.17, 15) is 0 Å². The Morgan fingerprint density at radius 2 is 2.33 bits per heavy atom. The largest absolute Gasteiger partial charge is 0.309 e. The molecule has 0 aromatic carbocycles. The highest BCUT2D eigenvalue weighted by molar-refractivity contribution is 7.09. The third kappa shape index (κ3) is 1.95. The van der Waals surface area contributed by atoms with Crippen LogP contribution in [0.1, 0.15) is 55.3 Å². The lowest BCUT2D eigenvalue weighted by atomic mass is 10.0. The number of piperidine rings is 1. The van der Waals surface area contributed by atoms with Crippen LogP contribution in [-0.2, 0) is 0 Å². The molecule has 1 saturated heterocycles. The van der Waals surface area contributed by atoms with Crippen molar-refractivity contribution in [2.45, 2.75) is 44.6 Å². The Morgan fingerprint density at radius 1 is 1.47 bits per heavy atom. The van der Waals surface area contributed by atoms with Gasteiger partial charge in [0, 0.05) is 11.3 Å². The smallest absolute Gasteiger partial charge is 0.0962 e. The Hall–Kier alpha value is -0.410. The predicted molar refractivity (Wildman–Crippen MR) is 63.2 cm³/mol. The van der Waals surface area contributed by atoms with Gasteiger partial charge in [0.25, 0.3) is 0 Å². The Labute approximate surface area is 95.1 Å². The molecule has 2 nitrogen and oxygen atoms in total. The zero-order valence-corrected chi connectivity index (χ0v) is 10.0. The summed E-state index contributed by atoms with van der Waals surface area (Å²) in [6.07, 6.45) is 5.30. The molecule has 2 heterocycles. The summed E-state index contributed by atoms with van der Waals surface area (Å²) in [5.74, 6) is 1.66. The van der Waals surface area contributed by atoms with Gasteiger partial charge < -0.3 is 5.32 Å². The summed E-state index contributed by atoms with van der Waals surface area (Å²) in [6, 6.07) is 0.540. The van der Waals surface area contributed by atoms with Crippen LogP contribution in [0.4, 0.5) is 0 Å². The van der Waals surface area contributed by atoms with E-state index in [0.717, 1.165) is 18.4 Å². The lowest BCUT2D eigenvalue weighted by molar-refractivity contribution is 0.406. The van der Waals surface area contributed by atoms with Crippen molar-refractivity contribution in [2.75, 3.05) is 6.54 Å². The minimum Gasteiger partial charge on any atom is -0.309 e. The maximum atomic E-state index is 4.80. The average Bonchev–Trinajstić information content (AvgIpc) is 2.83. The number of rotatable bonds is 2. The van der Waals surface area contributed by atoms with Crippen LogP contribution in [0.5, 0.6) is 0 Å². The molecule has 0 bridgehead atoms. The van der Waals surface area contributed by atoms with Gasteiger partial charge in [-0.25, -0.2) is 4.98 Å². The fraction of sp³-hybridized carbons (Fsp3) is 0.750. The standard InChI is InChI=1S/C12H18N2S/c1-8-6-9(8)12-14-11(7-15-12)10-4-2-3-5-13-10/h7-10,13H,2-6H2,1H3. The van der Waals surface area contributed by atoms with Crippen LogP contribution < -0.4 is 5.32 Å². The third-order valence-electron chi connectivity index (χ3n) is 3.63. The van der Waals surface area contributed by atoms with Crippen molar-refractivity contribution in [1.82, 2.24) is 10.3 Å². The van der Waals surface area contributed by atoms with E-state index < -0.39 is 0 Å². The van der Waals surface area contributed by atoms with E-state index in [2.05, 4.69) is 17.6 Å². The molecule has 1 saturated carbocycles. The Kier molecular flexibility index (Phi) is 2.53. The second-order valence-electron chi connectivity index (χ2n) is 4.93. The van der Waals surface area contributed by atoms with Gasteiger partial charge in [-0.05, 0) is 31.7 Å². The van der Waals surface area contributed by atoms with Crippen LogP contribution in [0, 0.1) is 5.92 Å².